The lowest BCUT2D eigenvalue weighted by molar-refractivity contribution is -0.123. The maximum absolute atomic E-state index is 12.5. The fraction of sp³-hybridized carbons (Fsp3) is 0.250. The van der Waals surface area contributed by atoms with Gasteiger partial charge in [-0.05, 0) is 24.6 Å². The minimum absolute atomic E-state index is 0.220. The average Bonchev–Trinajstić information content (AvgIpc) is 2.68. The predicted molar refractivity (Wildman–Crippen MR) is 103 cm³/mol. The van der Waals surface area contributed by atoms with Crippen molar-refractivity contribution < 1.29 is 19.1 Å². The number of amides is 2. The van der Waals surface area contributed by atoms with Crippen molar-refractivity contribution in [2.75, 3.05) is 13.7 Å². The summed E-state index contributed by atoms with van der Waals surface area (Å²) < 4.78 is 10.1. The number of nitrogens with one attached hydrogen (secondary N) is 2. The lowest BCUT2D eigenvalue weighted by atomic mass is 10.1. The minimum atomic E-state index is -0.818. The normalized spacial score (nSPS) is 11.6. The predicted octanol–water partition coefficient (Wildman–Crippen LogP) is 2.50. The first-order valence-corrected chi connectivity index (χ1v) is 8.57. The molecular formula is C20H23N3O4. The van der Waals surface area contributed by atoms with Crippen LogP contribution >= 0.6 is 0 Å². The maximum Gasteiger partial charge on any atom is 0.407 e. The average molecular weight is 369 g/mol. The molecule has 0 heterocycles. The van der Waals surface area contributed by atoms with Crippen LogP contribution in [0, 0.1) is 0 Å². The fourth-order valence-electron chi connectivity index (χ4n) is 2.39. The Morgan fingerprint density at radius 3 is 2.52 bits per heavy atom. The van der Waals surface area contributed by atoms with Crippen molar-refractivity contribution in [1.82, 2.24) is 10.7 Å². The molecule has 7 nitrogen and oxygen atoms in total. The number of ether oxygens (including phenoxy) is 2. The van der Waals surface area contributed by atoms with Gasteiger partial charge in [-0.15, -0.1) is 0 Å². The molecule has 0 aliphatic rings. The summed E-state index contributed by atoms with van der Waals surface area (Å²) in [6.07, 6.45) is 1.15. The van der Waals surface area contributed by atoms with E-state index in [0.717, 1.165) is 11.1 Å². The minimum Gasteiger partial charge on any atom is -0.496 e. The van der Waals surface area contributed by atoms with Gasteiger partial charge in [-0.3, -0.25) is 4.79 Å². The first-order chi connectivity index (χ1) is 13.1. The summed E-state index contributed by atoms with van der Waals surface area (Å²) in [5, 5.41) is 6.53. The Labute approximate surface area is 158 Å². The number of hydrogen-bond donors (Lipinski definition) is 2. The van der Waals surface area contributed by atoms with Crippen molar-refractivity contribution in [3.05, 3.63) is 65.7 Å². The van der Waals surface area contributed by atoms with Crippen LogP contribution in [0.3, 0.4) is 0 Å². The Balaban J connectivity index is 2.05. The fourth-order valence-corrected chi connectivity index (χ4v) is 2.39. The highest BCUT2D eigenvalue weighted by Crippen LogP contribution is 2.14. The van der Waals surface area contributed by atoms with Crippen LogP contribution in [0.4, 0.5) is 4.79 Å². The summed E-state index contributed by atoms with van der Waals surface area (Å²) in [4.78, 5) is 24.3. The van der Waals surface area contributed by atoms with E-state index in [1.165, 1.54) is 6.21 Å². The molecule has 0 spiro atoms. The number of rotatable bonds is 8. The van der Waals surface area contributed by atoms with Gasteiger partial charge in [0.05, 0.1) is 19.9 Å². The van der Waals surface area contributed by atoms with Crippen LogP contribution in [0.15, 0.2) is 59.7 Å². The van der Waals surface area contributed by atoms with Gasteiger partial charge in [-0.25, -0.2) is 10.2 Å². The molecule has 0 unspecified atom stereocenters. The van der Waals surface area contributed by atoms with E-state index in [1.54, 1.807) is 20.1 Å². The Bertz CT molecular complexity index is 778. The quantitative estimate of drug-likeness (QED) is 0.553. The van der Waals surface area contributed by atoms with Gasteiger partial charge in [0.25, 0.3) is 5.91 Å². The number of nitrogens with zero attached hydrogens (tertiary/aromatic N) is 1. The van der Waals surface area contributed by atoms with Gasteiger partial charge in [0.15, 0.2) is 0 Å². The molecule has 0 fully saturated rings. The molecule has 7 heteroatoms. The molecular weight excluding hydrogens is 346 g/mol. The highest BCUT2D eigenvalue weighted by atomic mass is 16.5. The molecule has 0 bridgehead atoms. The van der Waals surface area contributed by atoms with Crippen molar-refractivity contribution in [2.45, 2.75) is 19.4 Å². The third kappa shape index (κ3) is 6.47. The summed E-state index contributed by atoms with van der Waals surface area (Å²) in [5.74, 6) is 0.194. The topological polar surface area (TPSA) is 89.0 Å². The number of hydrogen-bond acceptors (Lipinski definition) is 5. The van der Waals surface area contributed by atoms with Crippen molar-refractivity contribution >= 4 is 18.2 Å². The summed E-state index contributed by atoms with van der Waals surface area (Å²) in [5.41, 5.74) is 4.08. The number of methoxy groups -OCH3 is 1. The maximum atomic E-state index is 12.5. The van der Waals surface area contributed by atoms with E-state index in [0.29, 0.717) is 12.2 Å². The molecule has 0 aliphatic heterocycles. The number of para-hydroxylation sites is 1. The number of carbonyl (C=O) groups is 2. The van der Waals surface area contributed by atoms with E-state index < -0.39 is 18.0 Å². The molecule has 1 atom stereocenters. The lowest BCUT2D eigenvalue weighted by Gasteiger charge is -2.16. The van der Waals surface area contributed by atoms with Gasteiger partial charge in [0.1, 0.15) is 11.8 Å². The Hall–Kier alpha value is -3.35. The smallest absolute Gasteiger partial charge is 0.407 e. The van der Waals surface area contributed by atoms with Crippen LogP contribution in [-0.2, 0) is 16.0 Å². The van der Waals surface area contributed by atoms with Gasteiger partial charge in [-0.1, -0.05) is 42.5 Å². The molecule has 2 amide bonds. The van der Waals surface area contributed by atoms with Crippen LogP contribution < -0.4 is 15.5 Å². The molecule has 2 aromatic rings. The highest BCUT2D eigenvalue weighted by Gasteiger charge is 2.21. The van der Waals surface area contributed by atoms with Gasteiger partial charge in [-0.2, -0.15) is 5.10 Å². The van der Waals surface area contributed by atoms with E-state index in [9.17, 15) is 9.59 Å². The molecule has 0 aliphatic carbocycles. The third-order valence-corrected chi connectivity index (χ3v) is 3.68. The molecule has 2 aromatic carbocycles. The standard InChI is InChI=1S/C20H23N3O4/c1-3-27-20(25)22-17(13-15-9-5-4-6-10-15)19(24)23-21-14-16-11-7-8-12-18(16)26-2/h4-12,14,17H,3,13H2,1-2H3,(H,22,25)(H,23,24)/b21-14-/t17-/m0/s1. The van der Waals surface area contributed by atoms with E-state index in [-0.39, 0.29) is 6.61 Å². The second-order valence-electron chi connectivity index (χ2n) is 5.58. The molecule has 0 saturated heterocycles. The number of carbonyl (C=O) groups excluding carboxylic acids is 2. The zero-order valence-electron chi connectivity index (χ0n) is 15.3. The molecule has 0 aromatic heterocycles. The second kappa shape index (κ2) is 10.6. The van der Waals surface area contributed by atoms with E-state index in [4.69, 9.17) is 9.47 Å². The largest absolute Gasteiger partial charge is 0.496 e. The molecule has 27 heavy (non-hydrogen) atoms. The molecule has 2 rings (SSSR count). The number of benzene rings is 2. The van der Waals surface area contributed by atoms with Crippen molar-refractivity contribution in [3.63, 3.8) is 0 Å². The summed E-state index contributed by atoms with van der Waals surface area (Å²) in [7, 11) is 1.56. The van der Waals surface area contributed by atoms with Crippen molar-refractivity contribution in [3.8, 4) is 5.75 Å². The Morgan fingerprint density at radius 2 is 1.81 bits per heavy atom. The summed E-state index contributed by atoms with van der Waals surface area (Å²) in [6.45, 7) is 1.92. The molecule has 0 radical (unpaired) electrons. The SMILES string of the molecule is CCOC(=O)N[C@@H](Cc1ccccc1)C(=O)N/N=C\c1ccccc1OC. The summed E-state index contributed by atoms with van der Waals surface area (Å²) >= 11 is 0. The molecule has 0 saturated carbocycles. The van der Waals surface area contributed by atoms with Crippen molar-refractivity contribution in [1.29, 1.82) is 0 Å². The Kier molecular flexibility index (Phi) is 7.84. The van der Waals surface area contributed by atoms with Crippen LogP contribution in [0.5, 0.6) is 5.75 Å². The number of hydrazone groups is 1. The van der Waals surface area contributed by atoms with Gasteiger partial charge in [0.2, 0.25) is 0 Å². The van der Waals surface area contributed by atoms with Gasteiger partial charge < -0.3 is 14.8 Å². The van der Waals surface area contributed by atoms with Gasteiger partial charge in [0, 0.05) is 12.0 Å². The zero-order valence-corrected chi connectivity index (χ0v) is 15.3. The first kappa shape index (κ1) is 20.0. The first-order valence-electron chi connectivity index (χ1n) is 8.57. The molecule has 142 valence electrons. The zero-order chi connectivity index (χ0) is 19.5. The van der Waals surface area contributed by atoms with Crippen LogP contribution in [0.2, 0.25) is 0 Å². The van der Waals surface area contributed by atoms with Crippen LogP contribution in [-0.4, -0.2) is 38.0 Å². The highest BCUT2D eigenvalue weighted by molar-refractivity contribution is 5.88. The van der Waals surface area contributed by atoms with E-state index in [2.05, 4.69) is 15.8 Å². The number of alkyl carbamates (subject to hydrolysis) is 1. The second-order valence-corrected chi connectivity index (χ2v) is 5.58. The Morgan fingerprint density at radius 1 is 1.11 bits per heavy atom. The van der Waals surface area contributed by atoms with Crippen molar-refractivity contribution in [2.24, 2.45) is 5.10 Å². The third-order valence-electron chi connectivity index (χ3n) is 3.68. The van der Waals surface area contributed by atoms with Crippen LogP contribution in [0.1, 0.15) is 18.1 Å². The van der Waals surface area contributed by atoms with E-state index in [1.807, 2.05) is 48.5 Å². The summed E-state index contributed by atoms with van der Waals surface area (Å²) in [6, 6.07) is 15.9. The van der Waals surface area contributed by atoms with Gasteiger partial charge >= 0.3 is 6.09 Å². The lowest BCUT2D eigenvalue weighted by Crippen LogP contribution is -2.47. The monoisotopic (exact) mass is 369 g/mol. The van der Waals surface area contributed by atoms with Crippen LogP contribution in [0.25, 0.3) is 0 Å². The molecule has 2 N–H and O–H groups in total. The van der Waals surface area contributed by atoms with E-state index >= 15 is 0 Å².